The minimum Gasteiger partial charge on any atom is -0.478 e. The lowest BCUT2D eigenvalue weighted by Gasteiger charge is -2.10. The van der Waals surface area contributed by atoms with Crippen LogP contribution >= 0.6 is 0 Å². The topological polar surface area (TPSA) is 63.3 Å². The predicted octanol–water partition coefficient (Wildman–Crippen LogP) is 1.79. The lowest BCUT2D eigenvalue weighted by atomic mass is 10.0. The molecule has 0 bridgehead atoms. The number of carboxylic acid groups (broad SMARTS) is 1. The molecule has 0 amide bonds. The maximum atomic E-state index is 10.7. The van der Waals surface area contributed by atoms with Gasteiger partial charge in [0, 0.05) is 6.04 Å². The van der Waals surface area contributed by atoms with Gasteiger partial charge in [-0.2, -0.15) is 0 Å². The SMILES string of the molecule is NC(c1cccc(C(=O)O)c1)C1CC1. The zero-order valence-corrected chi connectivity index (χ0v) is 7.81. The maximum absolute atomic E-state index is 10.7. The van der Waals surface area contributed by atoms with Gasteiger partial charge in [0.05, 0.1) is 5.56 Å². The summed E-state index contributed by atoms with van der Waals surface area (Å²) >= 11 is 0. The number of hydrogen-bond donors (Lipinski definition) is 2. The quantitative estimate of drug-likeness (QED) is 0.765. The summed E-state index contributed by atoms with van der Waals surface area (Å²) < 4.78 is 0. The summed E-state index contributed by atoms with van der Waals surface area (Å²) in [6.07, 6.45) is 2.33. The van der Waals surface area contributed by atoms with E-state index in [1.807, 2.05) is 6.07 Å². The van der Waals surface area contributed by atoms with E-state index < -0.39 is 5.97 Å². The molecule has 1 unspecified atom stereocenters. The molecule has 1 aromatic rings. The molecular weight excluding hydrogens is 178 g/mol. The van der Waals surface area contributed by atoms with E-state index in [1.165, 1.54) is 12.8 Å². The van der Waals surface area contributed by atoms with E-state index in [2.05, 4.69) is 0 Å². The molecule has 1 aromatic carbocycles. The molecule has 0 radical (unpaired) electrons. The highest BCUT2D eigenvalue weighted by molar-refractivity contribution is 5.87. The van der Waals surface area contributed by atoms with Crippen LogP contribution in [0.4, 0.5) is 0 Å². The fourth-order valence-electron chi connectivity index (χ4n) is 1.61. The molecule has 0 aliphatic heterocycles. The number of aromatic carboxylic acids is 1. The van der Waals surface area contributed by atoms with Crippen LogP contribution in [-0.4, -0.2) is 11.1 Å². The number of rotatable bonds is 3. The Balaban J connectivity index is 2.24. The predicted molar refractivity (Wildman–Crippen MR) is 53.1 cm³/mol. The molecule has 3 nitrogen and oxygen atoms in total. The first kappa shape index (κ1) is 9.21. The monoisotopic (exact) mass is 191 g/mol. The molecule has 2 rings (SSSR count). The van der Waals surface area contributed by atoms with Crippen LogP contribution in [0, 0.1) is 5.92 Å². The molecule has 0 aromatic heterocycles. The molecule has 14 heavy (non-hydrogen) atoms. The number of carboxylic acids is 1. The summed E-state index contributed by atoms with van der Waals surface area (Å²) in [7, 11) is 0. The van der Waals surface area contributed by atoms with Gasteiger partial charge in [-0.25, -0.2) is 4.79 Å². The lowest BCUT2D eigenvalue weighted by Crippen LogP contribution is -2.13. The Morgan fingerprint density at radius 1 is 1.50 bits per heavy atom. The van der Waals surface area contributed by atoms with Crippen LogP contribution in [0.5, 0.6) is 0 Å². The second-order valence-corrected chi connectivity index (χ2v) is 3.79. The first-order chi connectivity index (χ1) is 6.68. The molecule has 1 saturated carbocycles. The third-order valence-electron chi connectivity index (χ3n) is 2.65. The molecule has 1 aliphatic carbocycles. The third kappa shape index (κ3) is 1.77. The second-order valence-electron chi connectivity index (χ2n) is 3.79. The molecule has 1 atom stereocenters. The molecular formula is C11H13NO2. The highest BCUT2D eigenvalue weighted by Gasteiger charge is 2.29. The van der Waals surface area contributed by atoms with Crippen molar-refractivity contribution in [1.82, 2.24) is 0 Å². The average Bonchev–Trinajstić information content (AvgIpc) is 3.00. The van der Waals surface area contributed by atoms with Crippen molar-refractivity contribution >= 4 is 5.97 Å². The first-order valence-electron chi connectivity index (χ1n) is 4.77. The van der Waals surface area contributed by atoms with Gasteiger partial charge < -0.3 is 10.8 Å². The molecule has 3 N–H and O–H groups in total. The van der Waals surface area contributed by atoms with Gasteiger partial charge in [0.1, 0.15) is 0 Å². The number of carbonyl (C=O) groups is 1. The van der Waals surface area contributed by atoms with E-state index in [0.717, 1.165) is 5.56 Å². The van der Waals surface area contributed by atoms with E-state index in [0.29, 0.717) is 11.5 Å². The smallest absolute Gasteiger partial charge is 0.335 e. The molecule has 0 spiro atoms. The fourth-order valence-corrected chi connectivity index (χ4v) is 1.61. The minimum absolute atomic E-state index is 0.00861. The number of benzene rings is 1. The van der Waals surface area contributed by atoms with Crippen LogP contribution in [0.25, 0.3) is 0 Å². The standard InChI is InChI=1S/C11H13NO2/c12-10(7-4-5-7)8-2-1-3-9(6-8)11(13)14/h1-3,6-7,10H,4-5,12H2,(H,13,14). The summed E-state index contributed by atoms with van der Waals surface area (Å²) in [4.78, 5) is 10.7. The van der Waals surface area contributed by atoms with Gasteiger partial charge in [-0.05, 0) is 36.5 Å². The fraction of sp³-hybridized carbons (Fsp3) is 0.364. The van der Waals surface area contributed by atoms with Gasteiger partial charge in [-0.1, -0.05) is 12.1 Å². The Bertz CT molecular complexity index is 358. The van der Waals surface area contributed by atoms with Gasteiger partial charge in [0.2, 0.25) is 0 Å². The Kier molecular flexibility index (Phi) is 2.25. The van der Waals surface area contributed by atoms with Gasteiger partial charge in [0.15, 0.2) is 0 Å². The van der Waals surface area contributed by atoms with Gasteiger partial charge in [-0.3, -0.25) is 0 Å². The number of hydrogen-bond acceptors (Lipinski definition) is 2. The van der Waals surface area contributed by atoms with Crippen LogP contribution in [-0.2, 0) is 0 Å². The van der Waals surface area contributed by atoms with Crippen molar-refractivity contribution in [2.75, 3.05) is 0 Å². The Labute approximate surface area is 82.5 Å². The van der Waals surface area contributed by atoms with E-state index >= 15 is 0 Å². The Morgan fingerprint density at radius 3 is 2.79 bits per heavy atom. The normalized spacial score (nSPS) is 17.8. The van der Waals surface area contributed by atoms with Crippen LogP contribution in [0.15, 0.2) is 24.3 Å². The summed E-state index contributed by atoms with van der Waals surface area (Å²) in [5.74, 6) is -0.339. The largest absolute Gasteiger partial charge is 0.478 e. The molecule has 3 heteroatoms. The molecule has 1 aliphatic rings. The van der Waals surface area contributed by atoms with Crippen molar-refractivity contribution in [3.05, 3.63) is 35.4 Å². The molecule has 0 heterocycles. The van der Waals surface area contributed by atoms with Gasteiger partial charge in [0.25, 0.3) is 0 Å². The van der Waals surface area contributed by atoms with Crippen molar-refractivity contribution in [2.45, 2.75) is 18.9 Å². The maximum Gasteiger partial charge on any atom is 0.335 e. The van der Waals surface area contributed by atoms with E-state index in [-0.39, 0.29) is 6.04 Å². The summed E-state index contributed by atoms with van der Waals surface area (Å²) in [5.41, 5.74) is 7.23. The van der Waals surface area contributed by atoms with Crippen LogP contribution in [0.2, 0.25) is 0 Å². The highest BCUT2D eigenvalue weighted by Crippen LogP contribution is 2.39. The Hall–Kier alpha value is -1.35. The molecule has 1 fully saturated rings. The minimum atomic E-state index is -0.894. The zero-order valence-electron chi connectivity index (χ0n) is 7.81. The van der Waals surface area contributed by atoms with Gasteiger partial charge >= 0.3 is 5.97 Å². The van der Waals surface area contributed by atoms with Crippen molar-refractivity contribution in [3.8, 4) is 0 Å². The van der Waals surface area contributed by atoms with Crippen molar-refractivity contribution in [1.29, 1.82) is 0 Å². The lowest BCUT2D eigenvalue weighted by molar-refractivity contribution is 0.0696. The first-order valence-corrected chi connectivity index (χ1v) is 4.77. The second kappa shape index (κ2) is 3.42. The summed E-state index contributed by atoms with van der Waals surface area (Å²) in [6, 6.07) is 6.92. The van der Waals surface area contributed by atoms with Crippen molar-refractivity contribution in [3.63, 3.8) is 0 Å². The zero-order chi connectivity index (χ0) is 10.1. The van der Waals surface area contributed by atoms with E-state index in [4.69, 9.17) is 10.8 Å². The van der Waals surface area contributed by atoms with Crippen LogP contribution < -0.4 is 5.73 Å². The highest BCUT2D eigenvalue weighted by atomic mass is 16.4. The average molecular weight is 191 g/mol. The Morgan fingerprint density at radius 2 is 2.21 bits per heavy atom. The van der Waals surface area contributed by atoms with E-state index in [9.17, 15) is 4.79 Å². The van der Waals surface area contributed by atoms with Crippen LogP contribution in [0.1, 0.15) is 34.8 Å². The van der Waals surface area contributed by atoms with Gasteiger partial charge in [-0.15, -0.1) is 0 Å². The van der Waals surface area contributed by atoms with Crippen LogP contribution in [0.3, 0.4) is 0 Å². The molecule has 0 saturated heterocycles. The molecule has 74 valence electrons. The van der Waals surface area contributed by atoms with E-state index in [1.54, 1.807) is 18.2 Å². The summed E-state index contributed by atoms with van der Waals surface area (Å²) in [6.45, 7) is 0. The summed E-state index contributed by atoms with van der Waals surface area (Å²) in [5, 5.41) is 8.80. The number of nitrogens with two attached hydrogens (primary N) is 1. The van der Waals surface area contributed by atoms with Crippen molar-refractivity contribution < 1.29 is 9.90 Å². The van der Waals surface area contributed by atoms with Crippen molar-refractivity contribution in [2.24, 2.45) is 11.7 Å². The third-order valence-corrected chi connectivity index (χ3v) is 2.65.